The minimum atomic E-state index is -0.649. The highest BCUT2D eigenvalue weighted by Gasteiger charge is 2.11. The van der Waals surface area contributed by atoms with Gasteiger partial charge in [-0.05, 0) is 33.1 Å². The molecular formula is C16H28N4O3. The van der Waals surface area contributed by atoms with E-state index in [1.807, 2.05) is 6.92 Å². The zero-order valence-corrected chi connectivity index (χ0v) is 14.6. The van der Waals surface area contributed by atoms with Crippen LogP contribution < -0.4 is 21.3 Å². The standard InChI is InChI=1S/C16H28N4O3/c1-5-8-10-20-15(22)13(14(21)18-16(20)23)12(4)17-9-11-19(6-2)7-3/h22H,5-11H2,1-4H3,(H,18,21,23). The third kappa shape index (κ3) is 5.06. The summed E-state index contributed by atoms with van der Waals surface area (Å²) in [6.45, 7) is 11.6. The van der Waals surface area contributed by atoms with E-state index in [1.54, 1.807) is 6.92 Å². The number of aromatic amines is 1. The van der Waals surface area contributed by atoms with E-state index in [9.17, 15) is 14.7 Å². The van der Waals surface area contributed by atoms with Crippen molar-refractivity contribution >= 4 is 5.71 Å². The molecule has 0 saturated carbocycles. The minimum absolute atomic E-state index is 0.0183. The zero-order valence-electron chi connectivity index (χ0n) is 14.6. The fourth-order valence-corrected chi connectivity index (χ4v) is 2.45. The molecule has 1 aromatic heterocycles. The van der Waals surface area contributed by atoms with E-state index in [4.69, 9.17) is 0 Å². The Balaban J connectivity index is 3.06. The Labute approximate surface area is 136 Å². The second-order valence-corrected chi connectivity index (χ2v) is 5.62. The average molecular weight is 324 g/mol. The first-order chi connectivity index (χ1) is 11.0. The Morgan fingerprint density at radius 3 is 2.48 bits per heavy atom. The van der Waals surface area contributed by atoms with Crippen molar-refractivity contribution in [2.75, 3.05) is 26.2 Å². The molecule has 0 aliphatic carbocycles. The average Bonchev–Trinajstić information content (AvgIpc) is 2.51. The Morgan fingerprint density at radius 1 is 1.26 bits per heavy atom. The lowest BCUT2D eigenvalue weighted by atomic mass is 10.2. The molecule has 0 radical (unpaired) electrons. The summed E-state index contributed by atoms with van der Waals surface area (Å²) in [5.41, 5.74) is -0.912. The molecule has 7 nitrogen and oxygen atoms in total. The van der Waals surface area contributed by atoms with Gasteiger partial charge in [-0.2, -0.15) is 0 Å². The van der Waals surface area contributed by atoms with Crippen LogP contribution in [0, 0.1) is 0 Å². The van der Waals surface area contributed by atoms with Crippen LogP contribution in [0.2, 0.25) is 0 Å². The van der Waals surface area contributed by atoms with Crippen molar-refractivity contribution in [2.24, 2.45) is 4.99 Å². The molecule has 0 unspecified atom stereocenters. The van der Waals surface area contributed by atoms with Crippen LogP contribution in [0.25, 0.3) is 0 Å². The number of hydrogen-bond acceptors (Lipinski definition) is 4. The molecule has 23 heavy (non-hydrogen) atoms. The molecule has 0 saturated heterocycles. The van der Waals surface area contributed by atoms with E-state index < -0.39 is 17.1 Å². The minimum Gasteiger partial charge on any atom is -0.859 e. The molecule has 1 aromatic rings. The maximum Gasteiger partial charge on any atom is 0.327 e. The highest BCUT2D eigenvalue weighted by molar-refractivity contribution is 6.00. The topological polar surface area (TPSA) is 94.7 Å². The molecule has 0 fully saturated rings. The number of rotatable bonds is 9. The van der Waals surface area contributed by atoms with Gasteiger partial charge in [-0.1, -0.05) is 13.3 Å². The SMILES string of the molecule is CCCCn1c([O-])c(C(C)=NCC[NH+](CC)CC)c(=O)[nH]c1=O. The number of hydrogen-bond donors (Lipinski definition) is 2. The molecule has 7 heteroatoms. The highest BCUT2D eigenvalue weighted by Crippen LogP contribution is 2.08. The quantitative estimate of drug-likeness (QED) is 0.579. The normalized spacial score (nSPS) is 12.1. The summed E-state index contributed by atoms with van der Waals surface area (Å²) in [5.74, 6) is -0.538. The second-order valence-electron chi connectivity index (χ2n) is 5.62. The maximum atomic E-state index is 12.4. The van der Waals surface area contributed by atoms with E-state index in [2.05, 4.69) is 23.8 Å². The Morgan fingerprint density at radius 2 is 1.91 bits per heavy atom. The molecule has 0 aliphatic rings. The molecule has 0 amide bonds. The predicted octanol–water partition coefficient (Wildman–Crippen LogP) is -0.856. The van der Waals surface area contributed by atoms with E-state index in [0.29, 0.717) is 25.2 Å². The number of aromatic nitrogens is 2. The molecule has 0 atom stereocenters. The maximum absolute atomic E-state index is 12.4. The second kappa shape index (κ2) is 9.29. The Hall–Kier alpha value is -1.89. The van der Waals surface area contributed by atoms with Crippen LogP contribution in [0.3, 0.4) is 0 Å². The molecule has 0 aromatic carbocycles. The van der Waals surface area contributed by atoms with Crippen molar-refractivity contribution < 1.29 is 10.0 Å². The number of quaternary nitrogens is 1. The summed E-state index contributed by atoms with van der Waals surface area (Å²) in [6.07, 6.45) is 1.57. The van der Waals surface area contributed by atoms with Gasteiger partial charge >= 0.3 is 5.69 Å². The van der Waals surface area contributed by atoms with Gasteiger partial charge in [-0.15, -0.1) is 0 Å². The van der Waals surface area contributed by atoms with E-state index >= 15 is 0 Å². The van der Waals surface area contributed by atoms with E-state index in [1.165, 1.54) is 4.90 Å². The zero-order chi connectivity index (χ0) is 17.4. The van der Waals surface area contributed by atoms with Crippen molar-refractivity contribution in [2.45, 2.75) is 47.1 Å². The van der Waals surface area contributed by atoms with Gasteiger partial charge in [0.2, 0.25) is 0 Å². The Bertz CT molecular complexity index is 642. The predicted molar refractivity (Wildman–Crippen MR) is 89.7 cm³/mol. The van der Waals surface area contributed by atoms with Gasteiger partial charge in [0.05, 0.1) is 31.7 Å². The lowest BCUT2D eigenvalue weighted by Gasteiger charge is -2.19. The van der Waals surface area contributed by atoms with Gasteiger partial charge in [0.1, 0.15) is 0 Å². The van der Waals surface area contributed by atoms with Crippen molar-refractivity contribution in [1.82, 2.24) is 9.55 Å². The van der Waals surface area contributed by atoms with Crippen molar-refractivity contribution in [3.05, 3.63) is 26.4 Å². The first-order valence-electron chi connectivity index (χ1n) is 8.35. The van der Waals surface area contributed by atoms with Crippen molar-refractivity contribution in [3.8, 4) is 5.88 Å². The van der Waals surface area contributed by atoms with Gasteiger partial charge in [-0.3, -0.25) is 14.8 Å². The molecule has 0 bridgehead atoms. The summed E-state index contributed by atoms with van der Waals surface area (Å²) < 4.78 is 1.09. The summed E-state index contributed by atoms with van der Waals surface area (Å²) in [6, 6.07) is 0. The van der Waals surface area contributed by atoms with Crippen LogP contribution in [-0.2, 0) is 6.54 Å². The van der Waals surface area contributed by atoms with Gasteiger partial charge in [-0.25, -0.2) is 4.79 Å². The van der Waals surface area contributed by atoms with E-state index in [-0.39, 0.29) is 5.56 Å². The molecule has 1 heterocycles. The number of unbranched alkanes of at least 4 members (excludes halogenated alkanes) is 1. The van der Waals surface area contributed by atoms with Crippen LogP contribution in [-0.4, -0.2) is 41.4 Å². The third-order valence-electron chi connectivity index (χ3n) is 4.06. The largest absolute Gasteiger partial charge is 0.859 e. The summed E-state index contributed by atoms with van der Waals surface area (Å²) >= 11 is 0. The molecule has 0 aliphatic heterocycles. The van der Waals surface area contributed by atoms with Crippen molar-refractivity contribution in [1.29, 1.82) is 0 Å². The highest BCUT2D eigenvalue weighted by atomic mass is 16.3. The van der Waals surface area contributed by atoms with Gasteiger partial charge in [0.25, 0.3) is 5.56 Å². The fourth-order valence-electron chi connectivity index (χ4n) is 2.45. The lowest BCUT2D eigenvalue weighted by Crippen LogP contribution is -3.11. The van der Waals surface area contributed by atoms with Gasteiger partial charge in [0, 0.05) is 12.3 Å². The Kier molecular flexibility index (Phi) is 7.74. The first-order valence-corrected chi connectivity index (χ1v) is 8.35. The molecule has 130 valence electrons. The summed E-state index contributed by atoms with van der Waals surface area (Å²) in [7, 11) is 0. The fraction of sp³-hybridized carbons (Fsp3) is 0.688. The van der Waals surface area contributed by atoms with Crippen LogP contribution in [0.15, 0.2) is 14.6 Å². The summed E-state index contributed by atoms with van der Waals surface area (Å²) in [5, 5.41) is 12.4. The monoisotopic (exact) mass is 324 g/mol. The van der Waals surface area contributed by atoms with E-state index in [0.717, 1.165) is 30.6 Å². The third-order valence-corrected chi connectivity index (χ3v) is 4.06. The lowest BCUT2D eigenvalue weighted by molar-refractivity contribution is -0.894. The number of nitrogens with one attached hydrogen (secondary N) is 2. The molecule has 1 rings (SSSR count). The van der Waals surface area contributed by atoms with Gasteiger partial charge in [0.15, 0.2) is 0 Å². The number of aliphatic imine (C=N–C) groups is 1. The number of nitrogens with zero attached hydrogens (tertiary/aromatic N) is 2. The van der Waals surface area contributed by atoms with Crippen LogP contribution in [0.4, 0.5) is 0 Å². The van der Waals surface area contributed by atoms with Gasteiger partial charge < -0.3 is 14.6 Å². The first kappa shape index (κ1) is 19.2. The van der Waals surface area contributed by atoms with Crippen molar-refractivity contribution in [3.63, 3.8) is 0 Å². The smallest absolute Gasteiger partial charge is 0.327 e. The molecule has 2 N–H and O–H groups in total. The van der Waals surface area contributed by atoms with Crippen LogP contribution in [0.1, 0.15) is 46.1 Å². The molecular weight excluding hydrogens is 296 g/mol. The summed E-state index contributed by atoms with van der Waals surface area (Å²) in [4.78, 5) is 31.8. The number of H-pyrrole nitrogens is 1. The van der Waals surface area contributed by atoms with Crippen LogP contribution >= 0.6 is 0 Å². The number of likely N-dealkylation sites (N-methyl/N-ethyl adjacent to an activating group) is 1. The van der Waals surface area contributed by atoms with Crippen LogP contribution in [0.5, 0.6) is 5.88 Å². The molecule has 0 spiro atoms.